The van der Waals surface area contributed by atoms with E-state index in [1.165, 1.54) is 12.1 Å². The summed E-state index contributed by atoms with van der Waals surface area (Å²) in [7, 11) is 0. The second-order valence-electron chi connectivity index (χ2n) is 8.13. The summed E-state index contributed by atoms with van der Waals surface area (Å²) < 4.78 is 32.0. The van der Waals surface area contributed by atoms with E-state index in [-0.39, 0.29) is 17.0 Å². The molecule has 1 aromatic carbocycles. The van der Waals surface area contributed by atoms with Crippen LogP contribution in [0.3, 0.4) is 0 Å². The van der Waals surface area contributed by atoms with Gasteiger partial charge in [-0.2, -0.15) is 0 Å². The Balaban J connectivity index is 1.44. The van der Waals surface area contributed by atoms with E-state index < -0.39 is 35.5 Å². The normalized spacial score (nSPS) is 26.8. The van der Waals surface area contributed by atoms with Crippen LogP contribution in [0.5, 0.6) is 0 Å². The van der Waals surface area contributed by atoms with Crippen LogP contribution in [0.2, 0.25) is 0 Å². The lowest BCUT2D eigenvalue weighted by Crippen LogP contribution is -2.58. The molecule has 1 aromatic heterocycles. The number of likely N-dealkylation sites (tertiary alicyclic amines) is 1. The number of piperidine rings is 1. The Labute approximate surface area is 172 Å². The van der Waals surface area contributed by atoms with Gasteiger partial charge in [-0.25, -0.2) is 8.78 Å². The van der Waals surface area contributed by atoms with E-state index in [1.807, 2.05) is 0 Å². The molecule has 1 aliphatic carbocycles. The van der Waals surface area contributed by atoms with Gasteiger partial charge in [0.25, 0.3) is 5.91 Å². The molecule has 2 aromatic rings. The van der Waals surface area contributed by atoms with Crippen LogP contribution in [0.1, 0.15) is 36.7 Å². The summed E-state index contributed by atoms with van der Waals surface area (Å²) in [6, 6.07) is 4.12. The van der Waals surface area contributed by atoms with E-state index in [0.717, 1.165) is 18.9 Å². The minimum absolute atomic E-state index is 0.0128. The van der Waals surface area contributed by atoms with Gasteiger partial charge in [0.1, 0.15) is 11.6 Å². The molecule has 1 amide bonds. The number of nitrogens with one attached hydrogen (secondary N) is 1. The highest BCUT2D eigenvalue weighted by atomic mass is 19.1. The Morgan fingerprint density at radius 3 is 2.67 bits per heavy atom. The first-order valence-electron chi connectivity index (χ1n) is 10.0. The van der Waals surface area contributed by atoms with Crippen LogP contribution in [0.25, 0.3) is 11.3 Å². The number of aromatic nitrogens is 1. The molecule has 0 unspecified atom stereocenters. The van der Waals surface area contributed by atoms with Crippen molar-refractivity contribution in [1.29, 1.82) is 0 Å². The quantitative estimate of drug-likeness (QED) is 0.774. The van der Waals surface area contributed by atoms with Crippen molar-refractivity contribution in [1.82, 2.24) is 15.4 Å². The number of hydrogen-bond donors (Lipinski definition) is 2. The van der Waals surface area contributed by atoms with Gasteiger partial charge in [-0.1, -0.05) is 12.1 Å². The fraction of sp³-hybridized carbons (Fsp3) is 0.476. The van der Waals surface area contributed by atoms with Crippen molar-refractivity contribution < 1.29 is 28.0 Å². The summed E-state index contributed by atoms with van der Waals surface area (Å²) in [5.41, 5.74) is -0.109. The predicted molar refractivity (Wildman–Crippen MR) is 103 cm³/mol. The number of hydrogen-bond acceptors (Lipinski definition) is 5. The molecule has 0 radical (unpaired) electrons. The molecule has 0 spiro atoms. The molecule has 9 heteroatoms. The van der Waals surface area contributed by atoms with Crippen molar-refractivity contribution in [2.24, 2.45) is 11.8 Å². The Morgan fingerprint density at radius 2 is 2.03 bits per heavy atom. The molecule has 2 aliphatic rings. The first kappa shape index (κ1) is 20.5. The number of carboxylic acid groups (broad SMARTS) is 1. The molecule has 1 aliphatic heterocycles. The van der Waals surface area contributed by atoms with Crippen LogP contribution in [-0.4, -0.2) is 52.2 Å². The maximum absolute atomic E-state index is 13.9. The van der Waals surface area contributed by atoms with Crippen LogP contribution in [-0.2, 0) is 4.79 Å². The Hall–Kier alpha value is -2.81. The third-order valence-electron chi connectivity index (χ3n) is 6.26. The molecule has 2 fully saturated rings. The number of amides is 1. The van der Waals surface area contributed by atoms with Crippen molar-refractivity contribution in [3.63, 3.8) is 0 Å². The highest BCUT2D eigenvalue weighted by molar-refractivity contribution is 5.93. The monoisotopic (exact) mass is 419 g/mol. The van der Waals surface area contributed by atoms with Gasteiger partial charge >= 0.3 is 5.97 Å². The number of benzene rings is 1. The van der Waals surface area contributed by atoms with Gasteiger partial charge in [0, 0.05) is 37.3 Å². The summed E-state index contributed by atoms with van der Waals surface area (Å²) >= 11 is 0. The number of rotatable bonds is 5. The van der Waals surface area contributed by atoms with Gasteiger partial charge in [0.15, 0.2) is 11.5 Å². The van der Waals surface area contributed by atoms with Crippen LogP contribution in [0.4, 0.5) is 8.78 Å². The van der Waals surface area contributed by atoms with Gasteiger partial charge in [-0.15, -0.1) is 0 Å². The van der Waals surface area contributed by atoms with E-state index >= 15 is 0 Å². The van der Waals surface area contributed by atoms with Crippen LogP contribution in [0, 0.1) is 23.5 Å². The molecule has 2 N–H and O–H groups in total. The Bertz CT molecular complexity index is 963. The fourth-order valence-electron chi connectivity index (χ4n) is 4.33. The van der Waals surface area contributed by atoms with Gasteiger partial charge in [0.05, 0.1) is 11.5 Å². The van der Waals surface area contributed by atoms with Crippen LogP contribution in [0.15, 0.2) is 28.8 Å². The molecule has 2 heterocycles. The molecular formula is C21H23F2N3O4. The van der Waals surface area contributed by atoms with Gasteiger partial charge in [-0.05, 0) is 37.3 Å². The molecule has 30 heavy (non-hydrogen) atoms. The molecule has 1 saturated heterocycles. The summed E-state index contributed by atoms with van der Waals surface area (Å²) in [5.74, 6) is -3.28. The minimum atomic E-state index is -0.953. The molecule has 4 rings (SSSR count). The number of carbonyl (C=O) groups excluding carboxylic acids is 1. The molecular weight excluding hydrogens is 396 g/mol. The van der Waals surface area contributed by atoms with Crippen molar-refractivity contribution in [2.45, 2.75) is 38.3 Å². The zero-order valence-corrected chi connectivity index (χ0v) is 16.5. The summed E-state index contributed by atoms with van der Waals surface area (Å²) in [4.78, 5) is 26.6. The van der Waals surface area contributed by atoms with E-state index in [9.17, 15) is 23.5 Å². The number of aliphatic carboxylic acids is 1. The standard InChI is InChI=1S/C21H23F2N3O4/c1-11-2-5-18(11)26-7-6-16(14(10-26)21(28)29)24-20(27)17-9-19(30-25-17)13-4-3-12(22)8-15(13)23/h3-4,8-9,11,14,16,18H,2,5-7,10H2,1H3,(H,24,27)(H,28,29)/t11-,14-,16-,18-/m0/s1. The number of halogens is 2. The average molecular weight is 419 g/mol. The van der Waals surface area contributed by atoms with Crippen molar-refractivity contribution >= 4 is 11.9 Å². The molecule has 4 atom stereocenters. The number of nitrogens with zero attached hydrogens (tertiary/aromatic N) is 2. The minimum Gasteiger partial charge on any atom is -0.481 e. The zero-order chi connectivity index (χ0) is 21.4. The third kappa shape index (κ3) is 3.94. The summed E-state index contributed by atoms with van der Waals surface area (Å²) in [6.07, 6.45) is 2.75. The summed E-state index contributed by atoms with van der Waals surface area (Å²) in [6.45, 7) is 3.28. The van der Waals surface area contributed by atoms with E-state index in [1.54, 1.807) is 0 Å². The average Bonchev–Trinajstić information content (AvgIpc) is 3.17. The second kappa shape index (κ2) is 8.14. The summed E-state index contributed by atoms with van der Waals surface area (Å²) in [5, 5.41) is 16.1. The first-order valence-corrected chi connectivity index (χ1v) is 10.0. The van der Waals surface area contributed by atoms with Crippen molar-refractivity contribution in [3.8, 4) is 11.3 Å². The van der Waals surface area contributed by atoms with Gasteiger partial charge < -0.3 is 14.9 Å². The molecule has 1 saturated carbocycles. The van der Waals surface area contributed by atoms with Gasteiger partial charge in [0.2, 0.25) is 0 Å². The second-order valence-corrected chi connectivity index (χ2v) is 8.13. The van der Waals surface area contributed by atoms with Crippen molar-refractivity contribution in [3.05, 3.63) is 41.6 Å². The molecule has 7 nitrogen and oxygen atoms in total. The lowest BCUT2D eigenvalue weighted by Gasteiger charge is -2.47. The Kier molecular flexibility index (Phi) is 5.55. The third-order valence-corrected chi connectivity index (χ3v) is 6.26. The smallest absolute Gasteiger partial charge is 0.309 e. The largest absolute Gasteiger partial charge is 0.481 e. The van der Waals surface area contributed by atoms with Crippen LogP contribution < -0.4 is 5.32 Å². The Morgan fingerprint density at radius 1 is 1.23 bits per heavy atom. The first-order chi connectivity index (χ1) is 14.3. The highest BCUT2D eigenvalue weighted by Gasteiger charge is 2.41. The SMILES string of the molecule is C[C@H]1CC[C@@H]1N1CC[C@H](NC(=O)c2cc(-c3ccc(F)cc3F)on2)[C@@H](C(=O)O)C1. The van der Waals surface area contributed by atoms with Gasteiger partial charge in [-0.3, -0.25) is 14.5 Å². The lowest BCUT2D eigenvalue weighted by molar-refractivity contribution is -0.145. The van der Waals surface area contributed by atoms with E-state index in [0.29, 0.717) is 37.5 Å². The maximum atomic E-state index is 13.9. The lowest BCUT2D eigenvalue weighted by atomic mass is 9.78. The van der Waals surface area contributed by atoms with E-state index in [2.05, 4.69) is 22.3 Å². The fourth-order valence-corrected chi connectivity index (χ4v) is 4.33. The maximum Gasteiger partial charge on any atom is 0.309 e. The highest BCUT2D eigenvalue weighted by Crippen LogP contribution is 2.34. The molecule has 160 valence electrons. The molecule has 0 bridgehead atoms. The number of carboxylic acids is 1. The zero-order valence-electron chi connectivity index (χ0n) is 16.5. The topological polar surface area (TPSA) is 95.7 Å². The van der Waals surface area contributed by atoms with Crippen LogP contribution >= 0.6 is 0 Å². The number of carbonyl (C=O) groups is 2. The van der Waals surface area contributed by atoms with E-state index in [4.69, 9.17) is 4.52 Å². The predicted octanol–water partition coefficient (Wildman–Crippen LogP) is 2.92. The van der Waals surface area contributed by atoms with Crippen molar-refractivity contribution in [2.75, 3.05) is 13.1 Å².